The Kier molecular flexibility index (Phi) is 3.48. The second-order valence-corrected chi connectivity index (χ2v) is 6.42. The molecule has 0 amide bonds. The Morgan fingerprint density at radius 3 is 2.50 bits per heavy atom. The molecule has 0 aromatic heterocycles. The number of rotatable bonds is 3. The Balaban J connectivity index is 1.95. The number of aliphatic hydroxyl groups excluding tert-OH is 1. The molecule has 0 saturated carbocycles. The fourth-order valence-electron chi connectivity index (χ4n) is 2.32. The molecule has 0 fully saturated rings. The van der Waals surface area contributed by atoms with Crippen LogP contribution < -0.4 is 4.74 Å². The van der Waals surface area contributed by atoms with Crippen LogP contribution in [0.4, 0.5) is 0 Å². The summed E-state index contributed by atoms with van der Waals surface area (Å²) in [5.74, 6) is 0.216. The topological polar surface area (TPSA) is 101 Å². The molecule has 1 unspecified atom stereocenters. The van der Waals surface area contributed by atoms with Crippen molar-refractivity contribution in [3.05, 3.63) is 59.2 Å². The normalized spacial score (nSPS) is 14.5. The van der Waals surface area contributed by atoms with Crippen LogP contribution in [0.3, 0.4) is 0 Å². The second-order valence-electron chi connectivity index (χ2n) is 4.94. The summed E-state index contributed by atoms with van der Waals surface area (Å²) in [7, 11) is -4.85. The van der Waals surface area contributed by atoms with Gasteiger partial charge in [0, 0.05) is 17.5 Å². The number of ketones is 1. The Hall–Kier alpha value is -2.22. The molecule has 1 heterocycles. The van der Waals surface area contributed by atoms with Gasteiger partial charge in [-0.15, -0.1) is 0 Å². The molecule has 0 saturated heterocycles. The van der Waals surface area contributed by atoms with Gasteiger partial charge in [0.25, 0.3) is 10.1 Å². The van der Waals surface area contributed by atoms with Crippen molar-refractivity contribution in [2.75, 3.05) is 0 Å². The summed E-state index contributed by atoms with van der Waals surface area (Å²) in [4.78, 5) is 11.9. The van der Waals surface area contributed by atoms with Gasteiger partial charge in [-0.3, -0.25) is 9.35 Å². The summed E-state index contributed by atoms with van der Waals surface area (Å²) in [6, 6.07) is 11.8. The average Bonchev–Trinajstić information content (AvgIpc) is 2.50. The zero-order valence-corrected chi connectivity index (χ0v) is 12.1. The summed E-state index contributed by atoms with van der Waals surface area (Å²) in [5.41, 5.74) is -0.851. The smallest absolute Gasteiger partial charge is 0.299 e. The highest BCUT2D eigenvalue weighted by Crippen LogP contribution is 2.36. The maximum absolute atomic E-state index is 11.9. The first kappa shape index (κ1) is 14.7. The van der Waals surface area contributed by atoms with E-state index in [1.165, 1.54) is 18.2 Å². The van der Waals surface area contributed by atoms with Crippen LogP contribution in [0.25, 0.3) is 0 Å². The van der Waals surface area contributed by atoms with Crippen molar-refractivity contribution < 1.29 is 27.6 Å². The van der Waals surface area contributed by atoms with Gasteiger partial charge in [0.15, 0.2) is 0 Å². The SMILES string of the molecule is O=C(c1ccc2c(c1)Cc1ccccc1O2)C(O)S(=O)(=O)O. The number of carbonyl (C=O) groups is 1. The van der Waals surface area contributed by atoms with Crippen LogP contribution in [0.5, 0.6) is 11.5 Å². The zero-order chi connectivity index (χ0) is 15.9. The van der Waals surface area contributed by atoms with Crippen molar-refractivity contribution in [2.24, 2.45) is 0 Å². The molecule has 0 bridgehead atoms. The quantitative estimate of drug-likeness (QED) is 0.563. The van der Waals surface area contributed by atoms with Crippen molar-refractivity contribution in [3.63, 3.8) is 0 Å². The van der Waals surface area contributed by atoms with Gasteiger partial charge in [0.2, 0.25) is 11.2 Å². The highest BCUT2D eigenvalue weighted by atomic mass is 32.2. The first-order valence-corrected chi connectivity index (χ1v) is 7.94. The molecule has 6 nitrogen and oxygen atoms in total. The first-order chi connectivity index (χ1) is 10.4. The summed E-state index contributed by atoms with van der Waals surface area (Å²) in [5, 5.41) is 9.35. The van der Waals surface area contributed by atoms with Crippen LogP contribution >= 0.6 is 0 Å². The van der Waals surface area contributed by atoms with Crippen molar-refractivity contribution in [2.45, 2.75) is 11.9 Å². The maximum Gasteiger partial charge on any atom is 0.299 e. The molecule has 0 aliphatic carbocycles. The lowest BCUT2D eigenvalue weighted by atomic mass is 9.97. The molecule has 7 heteroatoms. The van der Waals surface area contributed by atoms with E-state index in [1.807, 2.05) is 24.3 Å². The van der Waals surface area contributed by atoms with Crippen LogP contribution in [-0.2, 0) is 16.5 Å². The fourth-order valence-corrected chi connectivity index (χ4v) is 2.73. The number of aliphatic hydroxyl groups is 1. The molecular formula is C15H12O6S. The van der Waals surface area contributed by atoms with E-state index < -0.39 is 21.3 Å². The van der Waals surface area contributed by atoms with Crippen LogP contribution in [-0.4, -0.2) is 29.3 Å². The number of hydrogen-bond donors (Lipinski definition) is 2. The summed E-state index contributed by atoms with van der Waals surface area (Å²) in [6.45, 7) is 0. The van der Waals surface area contributed by atoms with Crippen LogP contribution in [0.15, 0.2) is 42.5 Å². The van der Waals surface area contributed by atoms with E-state index in [-0.39, 0.29) is 5.56 Å². The fraction of sp³-hybridized carbons (Fsp3) is 0.133. The van der Waals surface area contributed by atoms with E-state index in [9.17, 15) is 18.3 Å². The largest absolute Gasteiger partial charge is 0.457 e. The van der Waals surface area contributed by atoms with Gasteiger partial charge < -0.3 is 9.84 Å². The van der Waals surface area contributed by atoms with Crippen molar-refractivity contribution in [3.8, 4) is 11.5 Å². The molecular weight excluding hydrogens is 308 g/mol. The Labute approximate surface area is 126 Å². The molecule has 2 aromatic carbocycles. The molecule has 2 N–H and O–H groups in total. The average molecular weight is 320 g/mol. The highest BCUT2D eigenvalue weighted by molar-refractivity contribution is 7.87. The standard InChI is InChI=1S/C15H12O6S/c16-14(15(17)22(18,19)20)10-5-6-13-11(8-10)7-9-3-1-2-4-12(9)21-13/h1-6,8,15,17H,7H2,(H,18,19,20). The molecule has 22 heavy (non-hydrogen) atoms. The number of hydrogen-bond acceptors (Lipinski definition) is 5. The van der Waals surface area contributed by atoms with E-state index in [2.05, 4.69) is 0 Å². The second kappa shape index (κ2) is 5.20. The van der Waals surface area contributed by atoms with Gasteiger partial charge in [-0.2, -0.15) is 8.42 Å². The molecule has 1 aliphatic heterocycles. The number of fused-ring (bicyclic) bond motifs is 2. The van der Waals surface area contributed by atoms with E-state index in [1.54, 1.807) is 0 Å². The van der Waals surface area contributed by atoms with Gasteiger partial charge >= 0.3 is 0 Å². The molecule has 2 aromatic rings. The maximum atomic E-state index is 11.9. The summed E-state index contributed by atoms with van der Waals surface area (Å²) in [6.07, 6.45) is 0.522. The first-order valence-electron chi connectivity index (χ1n) is 6.43. The predicted molar refractivity (Wildman–Crippen MR) is 77.6 cm³/mol. The lowest BCUT2D eigenvalue weighted by molar-refractivity contribution is 0.0848. The van der Waals surface area contributed by atoms with Crippen LogP contribution in [0.1, 0.15) is 21.5 Å². The number of benzene rings is 2. The van der Waals surface area contributed by atoms with Crippen molar-refractivity contribution in [1.29, 1.82) is 0 Å². The van der Waals surface area contributed by atoms with Gasteiger partial charge in [0.1, 0.15) is 11.5 Å². The van der Waals surface area contributed by atoms with Crippen LogP contribution in [0, 0.1) is 0 Å². The predicted octanol–water partition coefficient (Wildman–Crippen LogP) is 1.77. The Morgan fingerprint density at radius 1 is 1.09 bits per heavy atom. The zero-order valence-electron chi connectivity index (χ0n) is 11.3. The monoisotopic (exact) mass is 320 g/mol. The van der Waals surface area contributed by atoms with Gasteiger partial charge in [0.05, 0.1) is 0 Å². The van der Waals surface area contributed by atoms with Crippen molar-refractivity contribution in [1.82, 2.24) is 0 Å². The number of para-hydroxylation sites is 1. The Bertz CT molecular complexity index is 856. The van der Waals surface area contributed by atoms with Gasteiger partial charge in [-0.05, 0) is 29.8 Å². The van der Waals surface area contributed by atoms with E-state index in [4.69, 9.17) is 9.29 Å². The number of ether oxygens (including phenoxy) is 1. The molecule has 0 radical (unpaired) electrons. The summed E-state index contributed by atoms with van der Waals surface area (Å²) >= 11 is 0. The lowest BCUT2D eigenvalue weighted by Gasteiger charge is -2.20. The molecule has 0 spiro atoms. The van der Waals surface area contributed by atoms with Gasteiger partial charge in [-0.1, -0.05) is 18.2 Å². The van der Waals surface area contributed by atoms with Gasteiger partial charge in [-0.25, -0.2) is 0 Å². The third-order valence-electron chi connectivity index (χ3n) is 3.42. The minimum Gasteiger partial charge on any atom is -0.457 e. The van der Waals surface area contributed by atoms with E-state index in [0.717, 1.165) is 11.3 Å². The highest BCUT2D eigenvalue weighted by Gasteiger charge is 2.30. The van der Waals surface area contributed by atoms with E-state index >= 15 is 0 Å². The summed E-state index contributed by atoms with van der Waals surface area (Å²) < 4.78 is 36.2. The molecule has 3 rings (SSSR count). The lowest BCUT2D eigenvalue weighted by Crippen LogP contribution is -2.29. The third-order valence-corrected chi connectivity index (χ3v) is 4.20. The molecule has 1 aliphatic rings. The van der Waals surface area contributed by atoms with E-state index in [0.29, 0.717) is 17.7 Å². The number of Topliss-reactive ketones (excluding diaryl/α,β-unsaturated/α-hetero) is 1. The minimum atomic E-state index is -4.85. The molecule has 1 atom stereocenters. The van der Waals surface area contributed by atoms with Crippen LogP contribution in [0.2, 0.25) is 0 Å². The number of carbonyl (C=O) groups excluding carboxylic acids is 1. The van der Waals surface area contributed by atoms with Crippen molar-refractivity contribution >= 4 is 15.9 Å². The minimum absolute atomic E-state index is 0.00754. The third kappa shape index (κ3) is 2.61. The Morgan fingerprint density at radius 2 is 1.77 bits per heavy atom. The molecule has 114 valence electrons.